The highest BCUT2D eigenvalue weighted by Crippen LogP contribution is 2.32. The fourth-order valence-corrected chi connectivity index (χ4v) is 2.46. The van der Waals surface area contributed by atoms with Gasteiger partial charge >= 0.3 is 0 Å². The molecule has 1 nitrogen and oxygen atoms in total. The first-order chi connectivity index (χ1) is 6.79. The van der Waals surface area contributed by atoms with Crippen molar-refractivity contribution in [2.45, 2.75) is 19.3 Å². The monoisotopic (exact) mass is 209 g/mol. The molecule has 0 spiro atoms. The van der Waals surface area contributed by atoms with E-state index in [9.17, 15) is 0 Å². The molecular formula is C12H16ClN. The molecule has 0 amide bonds. The van der Waals surface area contributed by atoms with Gasteiger partial charge in [0.15, 0.2) is 0 Å². The highest BCUT2D eigenvalue weighted by atomic mass is 35.5. The Morgan fingerprint density at radius 2 is 2.14 bits per heavy atom. The van der Waals surface area contributed by atoms with Gasteiger partial charge in [-0.2, -0.15) is 0 Å². The largest absolute Gasteiger partial charge is 0.316 e. The first kappa shape index (κ1) is 10.0. The van der Waals surface area contributed by atoms with Gasteiger partial charge < -0.3 is 5.32 Å². The fourth-order valence-electron chi connectivity index (χ4n) is 2.18. The van der Waals surface area contributed by atoms with Crippen LogP contribution in [-0.2, 0) is 0 Å². The van der Waals surface area contributed by atoms with Crippen LogP contribution in [0.3, 0.4) is 0 Å². The van der Waals surface area contributed by atoms with Gasteiger partial charge in [-0.05, 0) is 30.5 Å². The third-order valence-electron chi connectivity index (χ3n) is 3.13. The maximum atomic E-state index is 6.20. The molecular weight excluding hydrogens is 194 g/mol. The lowest BCUT2D eigenvalue weighted by Gasteiger charge is -2.30. The molecule has 2 atom stereocenters. The van der Waals surface area contributed by atoms with Crippen LogP contribution in [0, 0.1) is 5.92 Å². The quantitative estimate of drug-likeness (QED) is 0.750. The number of hydrogen-bond donors (Lipinski definition) is 1. The lowest BCUT2D eigenvalue weighted by Crippen LogP contribution is -2.33. The molecule has 1 aromatic carbocycles. The lowest BCUT2D eigenvalue weighted by molar-refractivity contribution is 0.348. The normalized spacial score (nSPS) is 27.6. The Balaban J connectivity index is 2.25. The molecule has 2 heteroatoms. The standard InChI is InChI=1S/C12H16ClN/c1-9-6-7-14-8-11(9)10-4-2-3-5-12(10)13/h2-5,9,11,14H,6-8H2,1H3. The molecule has 2 rings (SSSR count). The van der Waals surface area contributed by atoms with Crippen molar-refractivity contribution in [1.29, 1.82) is 0 Å². The van der Waals surface area contributed by atoms with E-state index in [0.29, 0.717) is 5.92 Å². The van der Waals surface area contributed by atoms with Crippen LogP contribution in [0.5, 0.6) is 0 Å². The number of hydrogen-bond acceptors (Lipinski definition) is 1. The molecule has 0 bridgehead atoms. The fraction of sp³-hybridized carbons (Fsp3) is 0.500. The van der Waals surface area contributed by atoms with E-state index >= 15 is 0 Å². The summed E-state index contributed by atoms with van der Waals surface area (Å²) in [5.41, 5.74) is 1.30. The van der Waals surface area contributed by atoms with Gasteiger partial charge in [0.1, 0.15) is 0 Å². The van der Waals surface area contributed by atoms with E-state index in [1.165, 1.54) is 12.0 Å². The van der Waals surface area contributed by atoms with E-state index in [1.54, 1.807) is 0 Å². The molecule has 0 saturated carbocycles. The molecule has 14 heavy (non-hydrogen) atoms. The highest BCUT2D eigenvalue weighted by Gasteiger charge is 2.23. The van der Waals surface area contributed by atoms with Crippen molar-refractivity contribution in [1.82, 2.24) is 5.32 Å². The summed E-state index contributed by atoms with van der Waals surface area (Å²) in [6.45, 7) is 4.52. The van der Waals surface area contributed by atoms with E-state index in [1.807, 2.05) is 12.1 Å². The molecule has 1 heterocycles. The van der Waals surface area contributed by atoms with Gasteiger partial charge in [-0.1, -0.05) is 36.7 Å². The van der Waals surface area contributed by atoms with Crippen LogP contribution in [0.25, 0.3) is 0 Å². The molecule has 1 aliphatic heterocycles. The third-order valence-corrected chi connectivity index (χ3v) is 3.48. The van der Waals surface area contributed by atoms with Crippen LogP contribution in [0.4, 0.5) is 0 Å². The number of halogens is 1. The van der Waals surface area contributed by atoms with Crippen molar-refractivity contribution < 1.29 is 0 Å². The minimum absolute atomic E-state index is 0.581. The van der Waals surface area contributed by atoms with Gasteiger partial charge in [-0.25, -0.2) is 0 Å². The van der Waals surface area contributed by atoms with Gasteiger partial charge in [-0.15, -0.1) is 0 Å². The minimum atomic E-state index is 0.581. The van der Waals surface area contributed by atoms with Gasteiger partial charge in [0.05, 0.1) is 0 Å². The molecule has 2 unspecified atom stereocenters. The zero-order chi connectivity index (χ0) is 9.97. The van der Waals surface area contributed by atoms with E-state index < -0.39 is 0 Å². The molecule has 0 aliphatic carbocycles. The second-order valence-corrected chi connectivity index (χ2v) is 4.51. The molecule has 1 fully saturated rings. The molecule has 1 N–H and O–H groups in total. The summed E-state index contributed by atoms with van der Waals surface area (Å²) in [4.78, 5) is 0. The van der Waals surface area contributed by atoms with E-state index in [2.05, 4.69) is 24.4 Å². The predicted octanol–water partition coefficient (Wildman–Crippen LogP) is 3.05. The molecule has 1 aromatic rings. The maximum Gasteiger partial charge on any atom is 0.0441 e. The summed E-state index contributed by atoms with van der Waals surface area (Å²) >= 11 is 6.20. The van der Waals surface area contributed by atoms with Crippen LogP contribution in [0.2, 0.25) is 5.02 Å². The van der Waals surface area contributed by atoms with Crippen molar-refractivity contribution >= 4 is 11.6 Å². The Hall–Kier alpha value is -0.530. The second-order valence-electron chi connectivity index (χ2n) is 4.10. The van der Waals surface area contributed by atoms with Crippen LogP contribution in [0.15, 0.2) is 24.3 Å². The number of benzene rings is 1. The number of rotatable bonds is 1. The first-order valence-corrected chi connectivity index (χ1v) is 5.62. The smallest absolute Gasteiger partial charge is 0.0441 e. The van der Waals surface area contributed by atoms with Crippen molar-refractivity contribution in [3.8, 4) is 0 Å². The molecule has 76 valence electrons. The van der Waals surface area contributed by atoms with E-state index in [0.717, 1.165) is 24.0 Å². The lowest BCUT2D eigenvalue weighted by atomic mass is 9.83. The second kappa shape index (κ2) is 4.33. The summed E-state index contributed by atoms with van der Waals surface area (Å²) in [5.74, 6) is 1.31. The van der Waals surface area contributed by atoms with Gasteiger partial charge in [0.2, 0.25) is 0 Å². The van der Waals surface area contributed by atoms with Gasteiger partial charge in [0.25, 0.3) is 0 Å². The SMILES string of the molecule is CC1CCNCC1c1ccccc1Cl. The average Bonchev–Trinajstić information content (AvgIpc) is 2.20. The Bertz CT molecular complexity index is 311. The first-order valence-electron chi connectivity index (χ1n) is 5.24. The Morgan fingerprint density at radius 3 is 2.86 bits per heavy atom. The zero-order valence-corrected chi connectivity index (χ0v) is 9.22. The maximum absolute atomic E-state index is 6.20. The van der Waals surface area contributed by atoms with Crippen LogP contribution >= 0.6 is 11.6 Å². The summed E-state index contributed by atoms with van der Waals surface area (Å²) < 4.78 is 0. The van der Waals surface area contributed by atoms with Crippen molar-refractivity contribution in [3.63, 3.8) is 0 Å². The summed E-state index contributed by atoms with van der Waals surface area (Å²) in [5, 5.41) is 4.34. The zero-order valence-electron chi connectivity index (χ0n) is 8.46. The summed E-state index contributed by atoms with van der Waals surface area (Å²) in [6, 6.07) is 8.20. The molecule has 0 radical (unpaired) electrons. The Kier molecular flexibility index (Phi) is 3.09. The third kappa shape index (κ3) is 1.94. The van der Waals surface area contributed by atoms with Crippen LogP contribution < -0.4 is 5.32 Å². The highest BCUT2D eigenvalue weighted by molar-refractivity contribution is 6.31. The average molecular weight is 210 g/mol. The van der Waals surface area contributed by atoms with Crippen molar-refractivity contribution in [2.75, 3.05) is 13.1 Å². The Morgan fingerprint density at radius 1 is 1.36 bits per heavy atom. The molecule has 1 aliphatic rings. The van der Waals surface area contributed by atoms with Crippen LogP contribution in [-0.4, -0.2) is 13.1 Å². The van der Waals surface area contributed by atoms with Crippen molar-refractivity contribution in [3.05, 3.63) is 34.9 Å². The van der Waals surface area contributed by atoms with Crippen molar-refractivity contribution in [2.24, 2.45) is 5.92 Å². The summed E-state index contributed by atoms with van der Waals surface area (Å²) in [6.07, 6.45) is 1.25. The summed E-state index contributed by atoms with van der Waals surface area (Å²) in [7, 11) is 0. The molecule has 0 aromatic heterocycles. The van der Waals surface area contributed by atoms with Gasteiger partial charge in [0, 0.05) is 17.5 Å². The van der Waals surface area contributed by atoms with Crippen LogP contribution in [0.1, 0.15) is 24.8 Å². The number of nitrogens with one attached hydrogen (secondary N) is 1. The Labute approximate surface area is 90.5 Å². The van der Waals surface area contributed by atoms with E-state index in [-0.39, 0.29) is 0 Å². The predicted molar refractivity (Wildman–Crippen MR) is 60.8 cm³/mol. The topological polar surface area (TPSA) is 12.0 Å². The van der Waals surface area contributed by atoms with Gasteiger partial charge in [-0.3, -0.25) is 0 Å². The number of piperidine rings is 1. The molecule has 1 saturated heterocycles. The van der Waals surface area contributed by atoms with E-state index in [4.69, 9.17) is 11.6 Å². The minimum Gasteiger partial charge on any atom is -0.316 e.